The number of nitrogens with two attached hydrogens (primary N) is 1. The van der Waals surface area contributed by atoms with Crippen LogP contribution in [0.2, 0.25) is 0 Å². The van der Waals surface area contributed by atoms with E-state index in [4.69, 9.17) is 10.5 Å². The third-order valence-electron chi connectivity index (χ3n) is 2.81. The molecule has 5 heteroatoms. The van der Waals surface area contributed by atoms with E-state index in [0.29, 0.717) is 17.7 Å². The number of hydrogen-bond donors (Lipinski definition) is 1. The Morgan fingerprint density at radius 2 is 1.95 bits per heavy atom. The van der Waals surface area contributed by atoms with E-state index in [-0.39, 0.29) is 13.2 Å². The Hall–Kier alpha value is -2.14. The standard InChI is InChI=1S/C14H16FN3O.C2H6/c1-18-14(6-7-17-18)12-2-4-13(5-3-12)19-10-11(8-15)9-16;1-2/h2-8H,9-10,16H2,1H3;1-2H3/b11-8+;. The van der Waals surface area contributed by atoms with Gasteiger partial charge in [-0.1, -0.05) is 13.8 Å². The van der Waals surface area contributed by atoms with Crippen molar-refractivity contribution in [2.24, 2.45) is 12.8 Å². The fraction of sp³-hybridized carbons (Fsp3) is 0.312. The first-order valence-electron chi connectivity index (χ1n) is 6.94. The highest BCUT2D eigenvalue weighted by Gasteiger charge is 2.03. The lowest BCUT2D eigenvalue weighted by Crippen LogP contribution is -2.10. The number of ether oxygens (including phenoxy) is 1. The molecule has 0 unspecified atom stereocenters. The quantitative estimate of drug-likeness (QED) is 0.919. The van der Waals surface area contributed by atoms with Crippen molar-refractivity contribution in [1.82, 2.24) is 9.78 Å². The summed E-state index contributed by atoms with van der Waals surface area (Å²) in [5.74, 6) is 0.679. The molecule has 0 aliphatic rings. The average molecular weight is 291 g/mol. The van der Waals surface area contributed by atoms with Crippen molar-refractivity contribution in [2.75, 3.05) is 13.2 Å². The first kappa shape index (κ1) is 16.9. The number of nitrogens with zero attached hydrogens (tertiary/aromatic N) is 2. The van der Waals surface area contributed by atoms with Crippen LogP contribution in [0.15, 0.2) is 48.4 Å². The lowest BCUT2D eigenvalue weighted by Gasteiger charge is -2.08. The lowest BCUT2D eigenvalue weighted by molar-refractivity contribution is 0.347. The molecule has 114 valence electrons. The molecule has 0 fully saturated rings. The Kier molecular flexibility index (Phi) is 7.18. The first-order chi connectivity index (χ1) is 10.2. The van der Waals surface area contributed by atoms with E-state index in [0.717, 1.165) is 11.3 Å². The monoisotopic (exact) mass is 291 g/mol. The van der Waals surface area contributed by atoms with Crippen molar-refractivity contribution in [1.29, 1.82) is 0 Å². The Labute approximate surface area is 125 Å². The van der Waals surface area contributed by atoms with Gasteiger partial charge in [-0.15, -0.1) is 0 Å². The molecule has 2 N–H and O–H groups in total. The molecular weight excluding hydrogens is 269 g/mol. The van der Waals surface area contributed by atoms with Gasteiger partial charge in [-0.05, 0) is 30.3 Å². The van der Waals surface area contributed by atoms with Gasteiger partial charge in [0.2, 0.25) is 0 Å². The van der Waals surface area contributed by atoms with Crippen LogP contribution in [-0.4, -0.2) is 22.9 Å². The summed E-state index contributed by atoms with van der Waals surface area (Å²) in [7, 11) is 1.89. The molecule has 2 aromatic rings. The predicted molar refractivity (Wildman–Crippen MR) is 83.7 cm³/mol. The van der Waals surface area contributed by atoms with Gasteiger partial charge in [0, 0.05) is 30.9 Å². The van der Waals surface area contributed by atoms with Crippen molar-refractivity contribution < 1.29 is 9.13 Å². The van der Waals surface area contributed by atoms with Crippen LogP contribution in [0.4, 0.5) is 4.39 Å². The highest BCUT2D eigenvalue weighted by Crippen LogP contribution is 2.21. The molecule has 0 bridgehead atoms. The van der Waals surface area contributed by atoms with Gasteiger partial charge >= 0.3 is 0 Å². The summed E-state index contributed by atoms with van der Waals surface area (Å²) < 4.78 is 19.6. The van der Waals surface area contributed by atoms with Gasteiger partial charge < -0.3 is 10.5 Å². The van der Waals surface area contributed by atoms with Crippen LogP contribution in [0.3, 0.4) is 0 Å². The second-order valence-electron chi connectivity index (χ2n) is 4.12. The molecule has 1 aromatic carbocycles. The minimum Gasteiger partial charge on any atom is -0.489 e. The van der Waals surface area contributed by atoms with Crippen LogP contribution in [0, 0.1) is 0 Å². The number of hydrogen-bond acceptors (Lipinski definition) is 3. The second-order valence-corrected chi connectivity index (χ2v) is 4.12. The van der Waals surface area contributed by atoms with E-state index in [9.17, 15) is 4.39 Å². The largest absolute Gasteiger partial charge is 0.489 e. The van der Waals surface area contributed by atoms with Crippen LogP contribution in [0.5, 0.6) is 5.75 Å². The molecule has 0 saturated heterocycles. The van der Waals surface area contributed by atoms with Gasteiger partial charge in [-0.3, -0.25) is 4.68 Å². The molecule has 1 heterocycles. The summed E-state index contributed by atoms with van der Waals surface area (Å²) >= 11 is 0. The number of rotatable bonds is 5. The van der Waals surface area contributed by atoms with Crippen molar-refractivity contribution in [3.8, 4) is 17.0 Å². The molecule has 4 nitrogen and oxygen atoms in total. The first-order valence-corrected chi connectivity index (χ1v) is 6.94. The molecule has 0 amide bonds. The summed E-state index contributed by atoms with van der Waals surface area (Å²) in [6, 6.07) is 9.50. The van der Waals surface area contributed by atoms with Crippen molar-refractivity contribution in [3.05, 3.63) is 48.4 Å². The van der Waals surface area contributed by atoms with E-state index < -0.39 is 0 Å². The Balaban J connectivity index is 0.00000106. The highest BCUT2D eigenvalue weighted by atomic mass is 19.1. The molecule has 2 rings (SSSR count). The van der Waals surface area contributed by atoms with Crippen molar-refractivity contribution in [3.63, 3.8) is 0 Å². The molecule has 1 aromatic heterocycles. The molecule has 0 spiro atoms. The van der Waals surface area contributed by atoms with E-state index in [2.05, 4.69) is 5.10 Å². The fourth-order valence-electron chi connectivity index (χ4n) is 1.69. The number of aryl methyl sites for hydroxylation is 1. The number of aromatic nitrogens is 2. The normalized spacial score (nSPS) is 10.8. The van der Waals surface area contributed by atoms with Gasteiger partial charge in [-0.25, -0.2) is 4.39 Å². The molecule has 0 aliphatic carbocycles. The van der Waals surface area contributed by atoms with Crippen LogP contribution >= 0.6 is 0 Å². The summed E-state index contributed by atoms with van der Waals surface area (Å²) in [5.41, 5.74) is 7.86. The van der Waals surface area contributed by atoms with E-state index in [1.54, 1.807) is 10.9 Å². The van der Waals surface area contributed by atoms with E-state index >= 15 is 0 Å². The minimum atomic E-state index is 0.156. The van der Waals surface area contributed by atoms with Crippen LogP contribution < -0.4 is 10.5 Å². The number of halogens is 1. The van der Waals surface area contributed by atoms with Gasteiger partial charge in [0.1, 0.15) is 12.4 Å². The Morgan fingerprint density at radius 1 is 1.29 bits per heavy atom. The Morgan fingerprint density at radius 3 is 2.43 bits per heavy atom. The zero-order valence-electron chi connectivity index (χ0n) is 12.7. The van der Waals surface area contributed by atoms with Gasteiger partial charge in [0.05, 0.1) is 12.0 Å². The lowest BCUT2D eigenvalue weighted by atomic mass is 10.1. The summed E-state index contributed by atoms with van der Waals surface area (Å²) in [6.07, 6.45) is 2.24. The van der Waals surface area contributed by atoms with E-state index in [1.165, 1.54) is 0 Å². The highest BCUT2D eigenvalue weighted by molar-refractivity contribution is 5.60. The maximum absolute atomic E-state index is 12.3. The minimum absolute atomic E-state index is 0.156. The predicted octanol–water partition coefficient (Wildman–Crippen LogP) is 3.30. The second kappa shape index (κ2) is 8.92. The van der Waals surface area contributed by atoms with E-state index in [1.807, 2.05) is 51.2 Å². The fourth-order valence-corrected chi connectivity index (χ4v) is 1.69. The Bertz CT molecular complexity index is 561. The summed E-state index contributed by atoms with van der Waals surface area (Å²) in [4.78, 5) is 0. The molecule has 0 radical (unpaired) electrons. The summed E-state index contributed by atoms with van der Waals surface area (Å²) in [5, 5.41) is 4.12. The maximum atomic E-state index is 12.3. The summed E-state index contributed by atoms with van der Waals surface area (Å²) in [6.45, 7) is 4.32. The zero-order chi connectivity index (χ0) is 15.7. The molecule has 0 atom stereocenters. The molecule has 21 heavy (non-hydrogen) atoms. The SMILES string of the molecule is CC.Cn1nccc1-c1ccc(OC/C(=C/F)CN)cc1. The van der Waals surface area contributed by atoms with Gasteiger partial charge in [-0.2, -0.15) is 5.10 Å². The van der Waals surface area contributed by atoms with Crippen LogP contribution in [0.1, 0.15) is 13.8 Å². The molecule has 0 aliphatic heterocycles. The van der Waals surface area contributed by atoms with Gasteiger partial charge in [0.15, 0.2) is 0 Å². The molecule has 0 saturated carbocycles. The van der Waals surface area contributed by atoms with Crippen LogP contribution in [-0.2, 0) is 7.05 Å². The third kappa shape index (κ3) is 4.72. The van der Waals surface area contributed by atoms with Crippen molar-refractivity contribution >= 4 is 0 Å². The van der Waals surface area contributed by atoms with Crippen molar-refractivity contribution in [2.45, 2.75) is 13.8 Å². The van der Waals surface area contributed by atoms with Gasteiger partial charge in [0.25, 0.3) is 0 Å². The zero-order valence-corrected chi connectivity index (χ0v) is 12.7. The van der Waals surface area contributed by atoms with Crippen LogP contribution in [0.25, 0.3) is 11.3 Å². The average Bonchev–Trinajstić information content (AvgIpc) is 2.97. The smallest absolute Gasteiger partial charge is 0.119 e. The molecular formula is C16H22FN3O. The number of benzene rings is 1. The topological polar surface area (TPSA) is 53.1 Å². The third-order valence-corrected chi connectivity index (χ3v) is 2.81. The maximum Gasteiger partial charge on any atom is 0.119 e.